The van der Waals surface area contributed by atoms with Gasteiger partial charge >= 0.3 is 0 Å². The Bertz CT molecular complexity index is 535. The van der Waals surface area contributed by atoms with Gasteiger partial charge in [-0.15, -0.1) is 0 Å². The summed E-state index contributed by atoms with van der Waals surface area (Å²) in [4.78, 5) is 11.7. The van der Waals surface area contributed by atoms with Crippen LogP contribution < -0.4 is 10.1 Å². The number of amides is 1. The molecule has 19 heavy (non-hydrogen) atoms. The van der Waals surface area contributed by atoms with E-state index in [1.54, 1.807) is 17.1 Å². The van der Waals surface area contributed by atoms with Gasteiger partial charge in [0, 0.05) is 11.7 Å². The fourth-order valence-electron chi connectivity index (χ4n) is 1.54. The van der Waals surface area contributed by atoms with Crippen molar-refractivity contribution in [1.29, 1.82) is 0 Å². The molecule has 2 aromatic rings. The van der Waals surface area contributed by atoms with Crippen LogP contribution >= 0.6 is 0 Å². The molecule has 1 aromatic carbocycles. The zero-order chi connectivity index (χ0) is 13.7. The monoisotopic (exact) mass is 259 g/mol. The van der Waals surface area contributed by atoms with Gasteiger partial charge in [0.15, 0.2) is 12.4 Å². The van der Waals surface area contributed by atoms with Crippen LogP contribution in [-0.2, 0) is 4.79 Å². The van der Waals surface area contributed by atoms with Crippen LogP contribution in [0.1, 0.15) is 19.9 Å². The maximum absolute atomic E-state index is 11.7. The number of hydrogen-bond donors (Lipinski definition) is 1. The van der Waals surface area contributed by atoms with E-state index >= 15 is 0 Å². The van der Waals surface area contributed by atoms with Crippen LogP contribution in [0.3, 0.4) is 0 Å². The second-order valence-electron chi connectivity index (χ2n) is 4.45. The number of para-hydroxylation sites is 1. The Balaban J connectivity index is 1.83. The highest BCUT2D eigenvalue weighted by molar-refractivity contribution is 5.91. The number of aromatic nitrogens is 2. The van der Waals surface area contributed by atoms with Crippen LogP contribution in [0, 0.1) is 0 Å². The number of ether oxygens (including phenoxy) is 1. The van der Waals surface area contributed by atoms with Crippen LogP contribution in [-0.4, -0.2) is 22.3 Å². The van der Waals surface area contributed by atoms with Crippen molar-refractivity contribution in [3.8, 4) is 5.75 Å². The highest BCUT2D eigenvalue weighted by atomic mass is 16.5. The van der Waals surface area contributed by atoms with E-state index in [0.29, 0.717) is 5.75 Å². The molecular weight excluding hydrogens is 242 g/mol. The number of carbonyl (C=O) groups is 1. The molecule has 0 spiro atoms. The number of nitrogens with one attached hydrogen (secondary N) is 1. The molecule has 1 amide bonds. The first-order valence-electron chi connectivity index (χ1n) is 6.17. The quantitative estimate of drug-likeness (QED) is 0.897. The summed E-state index contributed by atoms with van der Waals surface area (Å²) in [6.45, 7) is 4.02. The lowest BCUT2D eigenvalue weighted by Crippen LogP contribution is -2.19. The van der Waals surface area contributed by atoms with E-state index in [1.807, 2.05) is 44.2 Å². The van der Waals surface area contributed by atoms with Crippen molar-refractivity contribution in [2.45, 2.75) is 19.9 Å². The Kier molecular flexibility index (Phi) is 4.18. The second kappa shape index (κ2) is 6.04. The zero-order valence-electron chi connectivity index (χ0n) is 11.0. The summed E-state index contributed by atoms with van der Waals surface area (Å²) in [5.74, 6) is 0.403. The molecule has 100 valence electrons. The fraction of sp³-hybridized carbons (Fsp3) is 0.286. The molecule has 0 aliphatic carbocycles. The molecule has 5 nitrogen and oxygen atoms in total. The molecule has 0 fully saturated rings. The van der Waals surface area contributed by atoms with E-state index in [0.717, 1.165) is 5.69 Å². The molecule has 0 radical (unpaired) electrons. The number of rotatable bonds is 5. The molecule has 2 rings (SSSR count). The normalized spacial score (nSPS) is 10.5. The molecule has 0 atom stereocenters. The van der Waals surface area contributed by atoms with Crippen LogP contribution in [0.2, 0.25) is 0 Å². The lowest BCUT2D eigenvalue weighted by molar-refractivity contribution is -0.118. The van der Waals surface area contributed by atoms with Crippen molar-refractivity contribution in [3.05, 3.63) is 42.7 Å². The SMILES string of the molecule is CC(C)n1cc(OCC(=O)Nc2ccccc2)cn1. The van der Waals surface area contributed by atoms with Crippen molar-refractivity contribution in [1.82, 2.24) is 9.78 Å². The molecule has 0 saturated carbocycles. The van der Waals surface area contributed by atoms with E-state index in [-0.39, 0.29) is 18.6 Å². The molecule has 1 N–H and O–H groups in total. The first-order chi connectivity index (χ1) is 9.15. The van der Waals surface area contributed by atoms with Crippen molar-refractivity contribution in [3.63, 3.8) is 0 Å². The van der Waals surface area contributed by atoms with Crippen LogP contribution in [0.5, 0.6) is 5.75 Å². The Labute approximate surface area is 112 Å². The topological polar surface area (TPSA) is 56.1 Å². The van der Waals surface area contributed by atoms with E-state index in [1.165, 1.54) is 0 Å². The lowest BCUT2D eigenvalue weighted by atomic mass is 10.3. The Morgan fingerprint density at radius 2 is 2.11 bits per heavy atom. The van der Waals surface area contributed by atoms with Crippen LogP contribution in [0.25, 0.3) is 0 Å². The minimum absolute atomic E-state index is 0.0291. The average Bonchev–Trinajstić information content (AvgIpc) is 2.86. The predicted molar refractivity (Wildman–Crippen MR) is 73.2 cm³/mol. The van der Waals surface area contributed by atoms with E-state index < -0.39 is 0 Å². The number of hydrogen-bond acceptors (Lipinski definition) is 3. The lowest BCUT2D eigenvalue weighted by Gasteiger charge is -2.06. The molecule has 1 aromatic heterocycles. The number of carbonyl (C=O) groups excluding carboxylic acids is 1. The van der Waals surface area contributed by atoms with Crippen molar-refractivity contribution < 1.29 is 9.53 Å². The highest BCUT2D eigenvalue weighted by Crippen LogP contribution is 2.12. The predicted octanol–water partition coefficient (Wildman–Crippen LogP) is 2.48. The van der Waals surface area contributed by atoms with Gasteiger partial charge in [0.1, 0.15) is 0 Å². The van der Waals surface area contributed by atoms with Crippen LogP contribution in [0.4, 0.5) is 5.69 Å². The number of anilines is 1. The van der Waals surface area contributed by atoms with Crippen molar-refractivity contribution in [2.24, 2.45) is 0 Å². The molecule has 0 saturated heterocycles. The van der Waals surface area contributed by atoms with Crippen molar-refractivity contribution in [2.75, 3.05) is 11.9 Å². The molecule has 0 unspecified atom stereocenters. The maximum atomic E-state index is 11.7. The van der Waals surface area contributed by atoms with Gasteiger partial charge < -0.3 is 10.1 Å². The van der Waals surface area contributed by atoms with Gasteiger partial charge in [0.05, 0.1) is 12.4 Å². The molecule has 0 aliphatic heterocycles. The summed E-state index contributed by atoms with van der Waals surface area (Å²) in [6.07, 6.45) is 3.39. The summed E-state index contributed by atoms with van der Waals surface area (Å²) in [5.41, 5.74) is 0.758. The van der Waals surface area contributed by atoms with Gasteiger partial charge in [-0.25, -0.2) is 0 Å². The van der Waals surface area contributed by atoms with Crippen molar-refractivity contribution >= 4 is 11.6 Å². The Morgan fingerprint density at radius 3 is 2.74 bits per heavy atom. The van der Waals surface area contributed by atoms with Gasteiger partial charge in [0.2, 0.25) is 0 Å². The third-order valence-electron chi connectivity index (χ3n) is 2.53. The van der Waals surface area contributed by atoms with Crippen LogP contribution in [0.15, 0.2) is 42.7 Å². The Hall–Kier alpha value is -2.30. The fourth-order valence-corrected chi connectivity index (χ4v) is 1.54. The first kappa shape index (κ1) is 13.1. The van der Waals surface area contributed by atoms with Gasteiger partial charge in [-0.05, 0) is 26.0 Å². The van der Waals surface area contributed by atoms with Gasteiger partial charge in [-0.1, -0.05) is 18.2 Å². The summed E-state index contributed by atoms with van der Waals surface area (Å²) in [5, 5.41) is 6.89. The molecule has 5 heteroatoms. The average molecular weight is 259 g/mol. The largest absolute Gasteiger partial charge is 0.480 e. The minimum Gasteiger partial charge on any atom is -0.480 e. The molecule has 0 aliphatic rings. The maximum Gasteiger partial charge on any atom is 0.262 e. The third kappa shape index (κ3) is 3.84. The van der Waals surface area contributed by atoms with E-state index in [4.69, 9.17) is 4.74 Å². The smallest absolute Gasteiger partial charge is 0.262 e. The minimum atomic E-state index is -0.191. The second-order valence-corrected chi connectivity index (χ2v) is 4.45. The summed E-state index contributed by atoms with van der Waals surface area (Å²) >= 11 is 0. The summed E-state index contributed by atoms with van der Waals surface area (Å²) in [6, 6.07) is 9.55. The summed E-state index contributed by atoms with van der Waals surface area (Å²) < 4.78 is 7.16. The van der Waals surface area contributed by atoms with E-state index in [9.17, 15) is 4.79 Å². The highest BCUT2D eigenvalue weighted by Gasteiger charge is 2.06. The Morgan fingerprint density at radius 1 is 1.37 bits per heavy atom. The number of benzene rings is 1. The number of nitrogens with zero attached hydrogens (tertiary/aromatic N) is 2. The molecule has 1 heterocycles. The standard InChI is InChI=1S/C14H17N3O2/c1-11(2)17-9-13(8-15-17)19-10-14(18)16-12-6-4-3-5-7-12/h3-9,11H,10H2,1-2H3,(H,16,18). The molecular formula is C14H17N3O2. The first-order valence-corrected chi connectivity index (χ1v) is 6.17. The van der Waals surface area contributed by atoms with Gasteiger partial charge in [0.25, 0.3) is 5.91 Å². The zero-order valence-corrected chi connectivity index (χ0v) is 11.0. The summed E-state index contributed by atoms with van der Waals surface area (Å²) in [7, 11) is 0. The molecule has 0 bridgehead atoms. The van der Waals surface area contributed by atoms with Gasteiger partial charge in [-0.2, -0.15) is 5.10 Å². The third-order valence-corrected chi connectivity index (χ3v) is 2.53. The van der Waals surface area contributed by atoms with Gasteiger partial charge in [-0.3, -0.25) is 9.48 Å². The van der Waals surface area contributed by atoms with E-state index in [2.05, 4.69) is 10.4 Å².